The average molecular weight is 315 g/mol. The Morgan fingerprint density at radius 1 is 1.22 bits per heavy atom. The lowest BCUT2D eigenvalue weighted by Gasteiger charge is -2.27. The van der Waals surface area contributed by atoms with E-state index < -0.39 is 5.91 Å². The van der Waals surface area contributed by atoms with Crippen molar-refractivity contribution in [2.75, 3.05) is 0 Å². The summed E-state index contributed by atoms with van der Waals surface area (Å²) in [5.41, 5.74) is 4.30. The molecule has 1 aromatic carbocycles. The zero-order valence-corrected chi connectivity index (χ0v) is 14.7. The fourth-order valence-electron chi connectivity index (χ4n) is 2.16. The summed E-state index contributed by atoms with van der Waals surface area (Å²) in [7, 11) is 0. The van der Waals surface area contributed by atoms with Gasteiger partial charge in [-0.15, -0.1) is 0 Å². The molecule has 0 saturated heterocycles. The fourth-order valence-corrected chi connectivity index (χ4v) is 2.16. The first-order valence-corrected chi connectivity index (χ1v) is 7.53. The molecule has 0 aromatic heterocycles. The first kappa shape index (κ1) is 18.7. The molecule has 2 N–H and O–H groups in total. The molecule has 124 valence electrons. The van der Waals surface area contributed by atoms with Crippen LogP contribution in [0.25, 0.3) is 0 Å². The summed E-state index contributed by atoms with van der Waals surface area (Å²) >= 11 is 0. The van der Waals surface area contributed by atoms with Gasteiger partial charge >= 0.3 is 0 Å². The molecule has 0 radical (unpaired) electrons. The third kappa shape index (κ3) is 5.10. The van der Waals surface area contributed by atoms with Crippen molar-refractivity contribution in [3.63, 3.8) is 0 Å². The van der Waals surface area contributed by atoms with Crippen LogP contribution in [0.15, 0.2) is 17.2 Å². The lowest BCUT2D eigenvalue weighted by Crippen LogP contribution is -2.18. The molecule has 5 heteroatoms. The summed E-state index contributed by atoms with van der Waals surface area (Å²) < 4.78 is 0. The van der Waals surface area contributed by atoms with Gasteiger partial charge in [0.1, 0.15) is 12.2 Å². The van der Waals surface area contributed by atoms with E-state index in [1.54, 1.807) is 6.07 Å². The Balaban J connectivity index is 3.27. The van der Waals surface area contributed by atoms with E-state index in [9.17, 15) is 9.90 Å². The summed E-state index contributed by atoms with van der Waals surface area (Å²) in [6, 6.07) is 5.49. The van der Waals surface area contributed by atoms with Crippen molar-refractivity contribution in [1.82, 2.24) is 5.43 Å². The van der Waals surface area contributed by atoms with Crippen LogP contribution in [0, 0.1) is 11.3 Å². The van der Waals surface area contributed by atoms with Gasteiger partial charge in [-0.1, -0.05) is 41.5 Å². The number of nitriles is 1. The molecule has 5 nitrogen and oxygen atoms in total. The van der Waals surface area contributed by atoms with E-state index in [1.165, 1.54) is 6.21 Å². The number of carbonyl (C=O) groups is 1. The van der Waals surface area contributed by atoms with E-state index in [4.69, 9.17) is 5.26 Å². The molecule has 1 amide bonds. The molecule has 1 rings (SSSR count). The maximum Gasteiger partial charge on any atom is 0.254 e. The van der Waals surface area contributed by atoms with Crippen LogP contribution in [0.1, 0.15) is 64.7 Å². The summed E-state index contributed by atoms with van der Waals surface area (Å²) in [4.78, 5) is 11.3. The Morgan fingerprint density at radius 3 is 2.09 bits per heavy atom. The molecule has 0 saturated carbocycles. The third-order valence-corrected chi connectivity index (χ3v) is 3.39. The minimum atomic E-state index is -0.449. The van der Waals surface area contributed by atoms with Crippen molar-refractivity contribution in [3.05, 3.63) is 28.8 Å². The quantitative estimate of drug-likeness (QED) is 0.662. The van der Waals surface area contributed by atoms with Gasteiger partial charge < -0.3 is 5.11 Å². The van der Waals surface area contributed by atoms with Gasteiger partial charge in [0.2, 0.25) is 0 Å². The maximum atomic E-state index is 11.3. The van der Waals surface area contributed by atoms with Gasteiger partial charge in [-0.05, 0) is 28.5 Å². The van der Waals surface area contributed by atoms with Gasteiger partial charge in [0.25, 0.3) is 5.91 Å². The number of hydrazone groups is 1. The van der Waals surface area contributed by atoms with Crippen molar-refractivity contribution >= 4 is 12.1 Å². The van der Waals surface area contributed by atoms with Crippen LogP contribution in [0.4, 0.5) is 0 Å². The van der Waals surface area contributed by atoms with Gasteiger partial charge in [0.05, 0.1) is 12.3 Å². The van der Waals surface area contributed by atoms with Gasteiger partial charge in [-0.2, -0.15) is 10.4 Å². The van der Waals surface area contributed by atoms with Crippen LogP contribution in [-0.2, 0) is 15.6 Å². The van der Waals surface area contributed by atoms with E-state index in [2.05, 4.69) is 10.5 Å². The molecular formula is C18H25N3O2. The lowest BCUT2D eigenvalue weighted by atomic mass is 9.78. The highest BCUT2D eigenvalue weighted by molar-refractivity contribution is 5.84. The second kappa shape index (κ2) is 6.82. The monoisotopic (exact) mass is 315 g/mol. The fraction of sp³-hybridized carbons (Fsp3) is 0.500. The Kier molecular flexibility index (Phi) is 5.55. The molecule has 0 aliphatic rings. The van der Waals surface area contributed by atoms with Gasteiger partial charge in [0.15, 0.2) is 0 Å². The van der Waals surface area contributed by atoms with E-state index in [0.29, 0.717) is 5.75 Å². The minimum absolute atomic E-state index is 0.224. The zero-order chi connectivity index (χ0) is 17.8. The van der Waals surface area contributed by atoms with Crippen molar-refractivity contribution in [2.24, 2.45) is 5.10 Å². The Labute approximate surface area is 138 Å². The normalized spacial score (nSPS) is 12.2. The third-order valence-electron chi connectivity index (χ3n) is 3.39. The van der Waals surface area contributed by atoms with E-state index in [1.807, 2.05) is 53.7 Å². The second-order valence-corrected chi connectivity index (χ2v) is 7.59. The highest BCUT2D eigenvalue weighted by atomic mass is 16.3. The van der Waals surface area contributed by atoms with E-state index in [-0.39, 0.29) is 17.3 Å². The number of nitrogens with one attached hydrogen (secondary N) is 1. The summed E-state index contributed by atoms with van der Waals surface area (Å²) in [6.45, 7) is 12.2. The number of carbonyl (C=O) groups excluding carboxylic acids is 1. The predicted octanol–water partition coefficient (Wildman–Crippen LogP) is 3.35. The smallest absolute Gasteiger partial charge is 0.254 e. The van der Waals surface area contributed by atoms with Gasteiger partial charge in [0, 0.05) is 11.1 Å². The van der Waals surface area contributed by atoms with Crippen molar-refractivity contribution in [2.45, 2.75) is 58.8 Å². The highest BCUT2D eigenvalue weighted by Crippen LogP contribution is 2.39. The Morgan fingerprint density at radius 2 is 1.70 bits per heavy atom. The minimum Gasteiger partial charge on any atom is -0.507 e. The molecule has 0 fully saturated rings. The Bertz CT molecular complexity index is 621. The highest BCUT2D eigenvalue weighted by Gasteiger charge is 2.26. The molecule has 0 aliphatic carbocycles. The first-order valence-electron chi connectivity index (χ1n) is 7.53. The topological polar surface area (TPSA) is 85.5 Å². The number of hydrogen-bond acceptors (Lipinski definition) is 4. The standard InChI is InChI=1S/C18H25N3O2/c1-17(2,3)13-9-12(11-20-21-15(22)7-8-19)10-14(16(13)23)18(4,5)6/h9-11,23H,7H2,1-6H3,(H,21,22)/b20-11+. The number of aromatic hydroxyl groups is 1. The molecule has 0 heterocycles. The summed E-state index contributed by atoms with van der Waals surface area (Å²) in [6.07, 6.45) is 1.30. The van der Waals surface area contributed by atoms with Gasteiger partial charge in [-0.3, -0.25) is 4.79 Å². The number of rotatable bonds is 3. The van der Waals surface area contributed by atoms with Crippen LogP contribution in [-0.4, -0.2) is 17.2 Å². The Hall–Kier alpha value is -2.35. The van der Waals surface area contributed by atoms with Crippen LogP contribution < -0.4 is 5.43 Å². The molecular weight excluding hydrogens is 290 g/mol. The predicted molar refractivity (Wildman–Crippen MR) is 91.5 cm³/mol. The molecule has 0 bridgehead atoms. The first-order chi connectivity index (χ1) is 10.5. The van der Waals surface area contributed by atoms with E-state index in [0.717, 1.165) is 16.7 Å². The molecule has 0 unspecified atom stereocenters. The molecule has 0 spiro atoms. The van der Waals surface area contributed by atoms with Crippen LogP contribution in [0.3, 0.4) is 0 Å². The number of phenols is 1. The van der Waals surface area contributed by atoms with Crippen LogP contribution in [0.5, 0.6) is 5.75 Å². The van der Waals surface area contributed by atoms with Gasteiger partial charge in [-0.25, -0.2) is 5.43 Å². The summed E-state index contributed by atoms with van der Waals surface area (Å²) in [5.74, 6) is -0.148. The van der Waals surface area contributed by atoms with Crippen molar-refractivity contribution in [3.8, 4) is 11.8 Å². The number of benzene rings is 1. The molecule has 1 aromatic rings. The van der Waals surface area contributed by atoms with Crippen LogP contribution in [0.2, 0.25) is 0 Å². The number of phenolic OH excluding ortho intramolecular Hbond substituents is 1. The largest absolute Gasteiger partial charge is 0.507 e. The molecule has 0 atom stereocenters. The molecule has 0 aliphatic heterocycles. The van der Waals surface area contributed by atoms with Crippen molar-refractivity contribution in [1.29, 1.82) is 5.26 Å². The number of hydrogen-bond donors (Lipinski definition) is 2. The lowest BCUT2D eigenvalue weighted by molar-refractivity contribution is -0.120. The van der Waals surface area contributed by atoms with Crippen LogP contribution >= 0.6 is 0 Å². The summed E-state index contributed by atoms with van der Waals surface area (Å²) in [5, 5.41) is 22.9. The molecule has 23 heavy (non-hydrogen) atoms. The second-order valence-electron chi connectivity index (χ2n) is 7.59. The number of amides is 1. The maximum absolute atomic E-state index is 11.3. The number of nitrogens with zero attached hydrogens (tertiary/aromatic N) is 2. The van der Waals surface area contributed by atoms with E-state index >= 15 is 0 Å². The van der Waals surface area contributed by atoms with Crippen molar-refractivity contribution < 1.29 is 9.90 Å². The average Bonchev–Trinajstić information content (AvgIpc) is 2.38. The zero-order valence-electron chi connectivity index (χ0n) is 14.7. The SMILES string of the molecule is CC(C)(C)c1cc(/C=N/NC(=O)CC#N)cc(C(C)(C)C)c1O.